The number of halogens is 1. The van der Waals surface area contributed by atoms with E-state index in [-0.39, 0.29) is 0 Å². The molecule has 2 unspecified atom stereocenters. The van der Waals surface area contributed by atoms with Crippen molar-refractivity contribution in [3.05, 3.63) is 29.3 Å². The largest absolute Gasteiger partial charge is 0.371 e. The van der Waals surface area contributed by atoms with E-state index in [9.17, 15) is 0 Å². The van der Waals surface area contributed by atoms with Crippen LogP contribution in [0.25, 0.3) is 0 Å². The maximum Gasteiger partial charge on any atom is 0.0494 e. The highest BCUT2D eigenvalue weighted by Crippen LogP contribution is 2.32. The average Bonchev–Trinajstić information content (AvgIpc) is 2.37. The maximum atomic E-state index is 6.09. The molecule has 1 aromatic carbocycles. The number of benzene rings is 1. The van der Waals surface area contributed by atoms with Gasteiger partial charge in [0, 0.05) is 24.7 Å². The van der Waals surface area contributed by atoms with Crippen molar-refractivity contribution >= 4 is 17.3 Å². The first-order chi connectivity index (χ1) is 8.61. The van der Waals surface area contributed by atoms with Crippen molar-refractivity contribution in [3.8, 4) is 0 Å². The van der Waals surface area contributed by atoms with Gasteiger partial charge >= 0.3 is 0 Å². The Labute approximate surface area is 116 Å². The number of nitrogens with zero attached hydrogens (tertiary/aromatic N) is 1. The second kappa shape index (κ2) is 5.97. The van der Waals surface area contributed by atoms with Crippen molar-refractivity contribution in [1.29, 1.82) is 0 Å². The first kappa shape index (κ1) is 13.7. The molecular formula is C16H24ClN. The van der Waals surface area contributed by atoms with Gasteiger partial charge in [-0.25, -0.2) is 0 Å². The molecule has 18 heavy (non-hydrogen) atoms. The number of aryl methyl sites for hydroxylation is 1. The molecule has 1 aromatic rings. The Hall–Kier alpha value is -0.690. The zero-order chi connectivity index (χ0) is 13.1. The third-order valence-corrected chi connectivity index (χ3v) is 4.50. The van der Waals surface area contributed by atoms with Gasteiger partial charge in [0.25, 0.3) is 0 Å². The molecule has 0 N–H and O–H groups in total. The third kappa shape index (κ3) is 3.00. The Morgan fingerprint density at radius 1 is 1.33 bits per heavy atom. The first-order valence-corrected chi connectivity index (χ1v) is 7.53. The Balaban J connectivity index is 2.19. The molecule has 2 atom stereocenters. The van der Waals surface area contributed by atoms with Crippen LogP contribution in [0.15, 0.2) is 18.2 Å². The predicted octanol–water partition coefficient (Wildman–Crippen LogP) is 4.75. The molecule has 1 nitrogen and oxygen atoms in total. The molecule has 100 valence electrons. The van der Waals surface area contributed by atoms with Gasteiger partial charge in [0.1, 0.15) is 0 Å². The van der Waals surface area contributed by atoms with Crippen LogP contribution in [0, 0.1) is 12.8 Å². The highest BCUT2D eigenvalue weighted by molar-refractivity contribution is 6.17. The van der Waals surface area contributed by atoms with Gasteiger partial charge in [-0.15, -0.1) is 11.6 Å². The fourth-order valence-electron chi connectivity index (χ4n) is 3.12. The van der Waals surface area contributed by atoms with E-state index in [1.54, 1.807) is 0 Å². The van der Waals surface area contributed by atoms with Gasteiger partial charge in [0.2, 0.25) is 0 Å². The van der Waals surface area contributed by atoms with E-state index < -0.39 is 0 Å². The topological polar surface area (TPSA) is 3.24 Å². The molecular weight excluding hydrogens is 242 g/mol. The summed E-state index contributed by atoms with van der Waals surface area (Å²) in [5, 5.41) is 0. The molecule has 0 aromatic heterocycles. The van der Waals surface area contributed by atoms with E-state index in [0.29, 0.717) is 11.9 Å². The van der Waals surface area contributed by atoms with E-state index in [0.717, 1.165) is 5.92 Å². The summed E-state index contributed by atoms with van der Waals surface area (Å²) in [6.45, 7) is 4.50. The van der Waals surface area contributed by atoms with E-state index in [2.05, 4.69) is 44.0 Å². The Bertz CT molecular complexity index is 402. The van der Waals surface area contributed by atoms with Crippen LogP contribution in [0.2, 0.25) is 0 Å². The van der Waals surface area contributed by atoms with E-state index in [1.807, 2.05) is 0 Å². The highest BCUT2D eigenvalue weighted by Gasteiger charge is 2.23. The summed E-state index contributed by atoms with van der Waals surface area (Å²) < 4.78 is 0. The monoisotopic (exact) mass is 265 g/mol. The number of rotatable bonds is 3. The predicted molar refractivity (Wildman–Crippen MR) is 80.6 cm³/mol. The molecule has 0 bridgehead atoms. The first-order valence-electron chi connectivity index (χ1n) is 7.00. The molecule has 2 rings (SSSR count). The quantitative estimate of drug-likeness (QED) is 0.713. The van der Waals surface area contributed by atoms with Crippen LogP contribution in [-0.2, 0) is 5.88 Å². The molecule has 0 heterocycles. The van der Waals surface area contributed by atoms with Crippen LogP contribution < -0.4 is 4.90 Å². The van der Waals surface area contributed by atoms with Crippen molar-refractivity contribution < 1.29 is 0 Å². The highest BCUT2D eigenvalue weighted by atomic mass is 35.5. The lowest BCUT2D eigenvalue weighted by molar-refractivity contribution is 0.336. The summed E-state index contributed by atoms with van der Waals surface area (Å²) in [4.78, 5) is 2.45. The second-order valence-corrected chi connectivity index (χ2v) is 6.07. The fraction of sp³-hybridized carbons (Fsp3) is 0.625. The summed E-state index contributed by atoms with van der Waals surface area (Å²) in [6, 6.07) is 7.31. The standard InChI is InChI=1S/C16H24ClN/c1-12-5-4-6-15(10-12)18(3)16-8-7-13(2)9-14(16)11-17/h7-9,12,15H,4-6,10-11H2,1-3H3. The zero-order valence-electron chi connectivity index (χ0n) is 11.7. The van der Waals surface area contributed by atoms with Crippen LogP contribution in [0.4, 0.5) is 5.69 Å². The minimum atomic E-state index is 0.601. The zero-order valence-corrected chi connectivity index (χ0v) is 12.5. The molecule has 1 saturated carbocycles. The van der Waals surface area contributed by atoms with Crippen LogP contribution >= 0.6 is 11.6 Å². The lowest BCUT2D eigenvalue weighted by Gasteiger charge is -2.36. The van der Waals surface area contributed by atoms with Gasteiger partial charge in [-0.3, -0.25) is 0 Å². The van der Waals surface area contributed by atoms with Gasteiger partial charge in [-0.05, 0) is 37.3 Å². The van der Waals surface area contributed by atoms with E-state index in [1.165, 1.54) is 42.5 Å². The summed E-state index contributed by atoms with van der Waals surface area (Å²) in [5.74, 6) is 1.46. The number of alkyl halides is 1. The van der Waals surface area contributed by atoms with Crippen LogP contribution in [0.5, 0.6) is 0 Å². The number of hydrogen-bond acceptors (Lipinski definition) is 1. The van der Waals surface area contributed by atoms with Crippen molar-refractivity contribution in [3.63, 3.8) is 0 Å². The summed E-state index contributed by atoms with van der Waals surface area (Å²) >= 11 is 6.09. The van der Waals surface area contributed by atoms with Gasteiger partial charge in [-0.2, -0.15) is 0 Å². The van der Waals surface area contributed by atoms with Gasteiger partial charge in [-0.1, -0.05) is 37.5 Å². The minimum Gasteiger partial charge on any atom is -0.371 e. The van der Waals surface area contributed by atoms with Crippen molar-refractivity contribution in [2.75, 3.05) is 11.9 Å². The summed E-state index contributed by atoms with van der Waals surface area (Å²) in [6.07, 6.45) is 5.38. The maximum absolute atomic E-state index is 6.09. The lowest BCUT2D eigenvalue weighted by Crippen LogP contribution is -2.36. The molecule has 2 heteroatoms. The molecule has 0 aliphatic heterocycles. The molecule has 0 saturated heterocycles. The van der Waals surface area contributed by atoms with Gasteiger partial charge in [0.15, 0.2) is 0 Å². The van der Waals surface area contributed by atoms with E-state index >= 15 is 0 Å². The third-order valence-electron chi connectivity index (χ3n) is 4.22. The Kier molecular flexibility index (Phi) is 4.55. The van der Waals surface area contributed by atoms with E-state index in [4.69, 9.17) is 11.6 Å². The normalized spacial score (nSPS) is 24.0. The molecule has 0 radical (unpaired) electrons. The molecule has 1 aliphatic rings. The van der Waals surface area contributed by atoms with Crippen molar-refractivity contribution in [2.45, 2.75) is 51.5 Å². The molecule has 0 spiro atoms. The molecule has 0 amide bonds. The average molecular weight is 266 g/mol. The number of anilines is 1. The Morgan fingerprint density at radius 2 is 2.11 bits per heavy atom. The SMILES string of the molecule is Cc1ccc(N(C)C2CCCC(C)C2)c(CCl)c1. The smallest absolute Gasteiger partial charge is 0.0494 e. The minimum absolute atomic E-state index is 0.601. The lowest BCUT2D eigenvalue weighted by atomic mass is 9.86. The number of hydrogen-bond donors (Lipinski definition) is 0. The fourth-order valence-corrected chi connectivity index (χ4v) is 3.33. The van der Waals surface area contributed by atoms with Gasteiger partial charge < -0.3 is 4.90 Å². The van der Waals surface area contributed by atoms with Crippen LogP contribution in [0.3, 0.4) is 0 Å². The van der Waals surface area contributed by atoms with Crippen molar-refractivity contribution in [1.82, 2.24) is 0 Å². The van der Waals surface area contributed by atoms with Gasteiger partial charge in [0.05, 0.1) is 0 Å². The Morgan fingerprint density at radius 3 is 2.78 bits per heavy atom. The molecule has 1 aliphatic carbocycles. The van der Waals surface area contributed by atoms with Crippen molar-refractivity contribution in [2.24, 2.45) is 5.92 Å². The van der Waals surface area contributed by atoms with Crippen LogP contribution in [-0.4, -0.2) is 13.1 Å². The van der Waals surface area contributed by atoms with Crippen LogP contribution in [0.1, 0.15) is 43.7 Å². The summed E-state index contributed by atoms with van der Waals surface area (Å²) in [7, 11) is 2.23. The molecule has 1 fully saturated rings. The summed E-state index contributed by atoms with van der Waals surface area (Å²) in [5.41, 5.74) is 3.87. The second-order valence-electron chi connectivity index (χ2n) is 5.80.